The van der Waals surface area contributed by atoms with Crippen molar-refractivity contribution < 1.29 is 4.79 Å². The van der Waals surface area contributed by atoms with Gasteiger partial charge in [0.05, 0.1) is 0 Å². The van der Waals surface area contributed by atoms with Crippen molar-refractivity contribution in [3.63, 3.8) is 0 Å². The average Bonchev–Trinajstić information content (AvgIpc) is 2.22. The summed E-state index contributed by atoms with van der Waals surface area (Å²) in [5.41, 5.74) is 0. The summed E-state index contributed by atoms with van der Waals surface area (Å²) in [5.74, 6) is 0.206. The molecule has 2 heterocycles. The highest BCUT2D eigenvalue weighted by Gasteiger charge is 2.35. The van der Waals surface area contributed by atoms with E-state index in [4.69, 9.17) is 0 Å². The van der Waals surface area contributed by atoms with E-state index in [1.165, 1.54) is 0 Å². The maximum Gasteiger partial charge on any atom is 0.221 e. The van der Waals surface area contributed by atoms with E-state index in [-0.39, 0.29) is 5.91 Å². The fraction of sp³-hybridized carbons (Fsp3) is 0.833. The molecule has 2 aliphatic heterocycles. The Morgan fingerprint density at radius 2 is 2.33 bits per heavy atom. The molecule has 0 spiro atoms. The summed E-state index contributed by atoms with van der Waals surface area (Å²) in [6.07, 6.45) is 1.79. The molecule has 0 saturated carbocycles. The molecular formula is C6H10N2O. The van der Waals surface area contributed by atoms with E-state index in [0.717, 1.165) is 13.0 Å². The molecule has 1 amide bonds. The van der Waals surface area contributed by atoms with Gasteiger partial charge in [-0.2, -0.15) is 0 Å². The third kappa shape index (κ3) is 0.721. The normalized spacial score (nSPS) is 40.7. The molecule has 2 aliphatic rings. The number of carbonyl (C=O) groups excluding carboxylic acids is 1. The van der Waals surface area contributed by atoms with Crippen LogP contribution in [0.25, 0.3) is 0 Å². The first kappa shape index (κ1) is 5.23. The second-order valence-electron chi connectivity index (χ2n) is 2.73. The third-order valence-corrected chi connectivity index (χ3v) is 2.10. The molecule has 2 saturated heterocycles. The third-order valence-electron chi connectivity index (χ3n) is 2.10. The van der Waals surface area contributed by atoms with E-state index in [1.807, 2.05) is 0 Å². The number of hydrogen-bond acceptors (Lipinski definition) is 2. The van der Waals surface area contributed by atoms with E-state index >= 15 is 0 Å². The lowest BCUT2D eigenvalue weighted by Crippen LogP contribution is -2.30. The van der Waals surface area contributed by atoms with Crippen LogP contribution in [-0.2, 0) is 4.79 Å². The maximum atomic E-state index is 10.7. The van der Waals surface area contributed by atoms with Gasteiger partial charge < -0.3 is 10.6 Å². The van der Waals surface area contributed by atoms with Crippen molar-refractivity contribution in [1.82, 2.24) is 10.6 Å². The van der Waals surface area contributed by atoms with Crippen LogP contribution in [0.4, 0.5) is 0 Å². The highest BCUT2D eigenvalue weighted by atomic mass is 16.2. The van der Waals surface area contributed by atoms with E-state index in [9.17, 15) is 4.79 Å². The van der Waals surface area contributed by atoms with Gasteiger partial charge in [0, 0.05) is 18.5 Å². The molecule has 0 unspecified atom stereocenters. The molecule has 2 atom stereocenters. The number of amides is 1. The van der Waals surface area contributed by atoms with Gasteiger partial charge in [0.25, 0.3) is 0 Å². The fourth-order valence-electron chi connectivity index (χ4n) is 1.62. The molecular weight excluding hydrogens is 116 g/mol. The quantitative estimate of drug-likeness (QED) is 0.448. The van der Waals surface area contributed by atoms with E-state index < -0.39 is 0 Å². The van der Waals surface area contributed by atoms with Gasteiger partial charge in [-0.3, -0.25) is 4.79 Å². The number of nitrogens with one attached hydrogen (secondary N) is 2. The Morgan fingerprint density at radius 3 is 3.11 bits per heavy atom. The minimum absolute atomic E-state index is 0.206. The zero-order valence-electron chi connectivity index (χ0n) is 5.18. The summed E-state index contributed by atoms with van der Waals surface area (Å²) in [4.78, 5) is 10.7. The van der Waals surface area contributed by atoms with E-state index in [1.54, 1.807) is 0 Å². The predicted molar refractivity (Wildman–Crippen MR) is 33.0 cm³/mol. The topological polar surface area (TPSA) is 41.1 Å². The SMILES string of the molecule is O=C1C[C@H]2NCC[C@@H]2N1. The Labute approximate surface area is 53.8 Å². The van der Waals surface area contributed by atoms with Gasteiger partial charge in [-0.05, 0) is 13.0 Å². The smallest absolute Gasteiger partial charge is 0.221 e. The zero-order valence-corrected chi connectivity index (χ0v) is 5.18. The van der Waals surface area contributed by atoms with Gasteiger partial charge in [-0.15, -0.1) is 0 Å². The summed E-state index contributed by atoms with van der Waals surface area (Å²) in [5, 5.41) is 6.18. The Kier molecular flexibility index (Phi) is 0.990. The van der Waals surface area contributed by atoms with Crippen molar-refractivity contribution in [1.29, 1.82) is 0 Å². The van der Waals surface area contributed by atoms with Crippen LogP contribution in [-0.4, -0.2) is 24.5 Å². The second kappa shape index (κ2) is 1.70. The summed E-state index contributed by atoms with van der Waals surface area (Å²) < 4.78 is 0. The molecule has 2 fully saturated rings. The van der Waals surface area contributed by atoms with Crippen LogP contribution in [0, 0.1) is 0 Å². The minimum atomic E-state index is 0.206. The first-order chi connectivity index (χ1) is 4.36. The molecule has 0 aromatic heterocycles. The molecule has 9 heavy (non-hydrogen) atoms. The first-order valence-corrected chi connectivity index (χ1v) is 3.39. The Hall–Kier alpha value is -0.570. The molecule has 0 aromatic carbocycles. The molecule has 50 valence electrons. The van der Waals surface area contributed by atoms with Crippen molar-refractivity contribution in [2.45, 2.75) is 24.9 Å². The lowest BCUT2D eigenvalue weighted by molar-refractivity contribution is -0.119. The molecule has 0 aliphatic carbocycles. The highest BCUT2D eigenvalue weighted by molar-refractivity contribution is 5.79. The van der Waals surface area contributed by atoms with Crippen LogP contribution >= 0.6 is 0 Å². The number of carbonyl (C=O) groups is 1. The van der Waals surface area contributed by atoms with Crippen molar-refractivity contribution in [2.24, 2.45) is 0 Å². The van der Waals surface area contributed by atoms with Crippen LogP contribution < -0.4 is 10.6 Å². The summed E-state index contributed by atoms with van der Waals surface area (Å²) in [6.45, 7) is 1.07. The van der Waals surface area contributed by atoms with E-state index in [0.29, 0.717) is 18.5 Å². The van der Waals surface area contributed by atoms with Gasteiger partial charge >= 0.3 is 0 Å². The monoisotopic (exact) mass is 126 g/mol. The average molecular weight is 126 g/mol. The summed E-state index contributed by atoms with van der Waals surface area (Å²) in [7, 11) is 0. The van der Waals surface area contributed by atoms with Crippen molar-refractivity contribution in [3.05, 3.63) is 0 Å². The van der Waals surface area contributed by atoms with Crippen LogP contribution in [0.1, 0.15) is 12.8 Å². The van der Waals surface area contributed by atoms with Crippen molar-refractivity contribution in [2.75, 3.05) is 6.54 Å². The van der Waals surface area contributed by atoms with Gasteiger partial charge in [0.1, 0.15) is 0 Å². The second-order valence-corrected chi connectivity index (χ2v) is 2.73. The fourth-order valence-corrected chi connectivity index (χ4v) is 1.62. The van der Waals surface area contributed by atoms with Crippen LogP contribution in [0.15, 0.2) is 0 Å². The van der Waals surface area contributed by atoms with E-state index in [2.05, 4.69) is 10.6 Å². The zero-order chi connectivity index (χ0) is 6.27. The Bertz CT molecular complexity index is 132. The standard InChI is InChI=1S/C6H10N2O/c9-6-3-5-4(8-6)1-2-7-5/h4-5,7H,1-3H2,(H,8,9)/t4-,5+/m0/s1. The van der Waals surface area contributed by atoms with Crippen LogP contribution in [0.5, 0.6) is 0 Å². The highest BCUT2D eigenvalue weighted by Crippen LogP contribution is 2.15. The molecule has 0 aromatic rings. The largest absolute Gasteiger partial charge is 0.352 e. The molecule has 2 rings (SSSR count). The van der Waals surface area contributed by atoms with Gasteiger partial charge in [-0.25, -0.2) is 0 Å². The van der Waals surface area contributed by atoms with Crippen LogP contribution in [0.3, 0.4) is 0 Å². The Morgan fingerprint density at radius 1 is 1.44 bits per heavy atom. The lowest BCUT2D eigenvalue weighted by atomic mass is 10.1. The summed E-state index contributed by atoms with van der Waals surface area (Å²) >= 11 is 0. The van der Waals surface area contributed by atoms with Gasteiger partial charge in [0.15, 0.2) is 0 Å². The maximum absolute atomic E-state index is 10.7. The number of hydrogen-bond donors (Lipinski definition) is 2. The molecule has 0 radical (unpaired) electrons. The predicted octanol–water partition coefficient (Wildman–Crippen LogP) is -0.763. The van der Waals surface area contributed by atoms with Crippen molar-refractivity contribution >= 4 is 5.91 Å². The minimum Gasteiger partial charge on any atom is -0.352 e. The molecule has 3 nitrogen and oxygen atoms in total. The molecule has 2 N–H and O–H groups in total. The summed E-state index contributed by atoms with van der Waals surface area (Å²) in [6, 6.07) is 0.884. The van der Waals surface area contributed by atoms with Crippen molar-refractivity contribution in [3.8, 4) is 0 Å². The molecule has 3 heteroatoms. The number of fused-ring (bicyclic) bond motifs is 1. The van der Waals surface area contributed by atoms with Gasteiger partial charge in [0.2, 0.25) is 5.91 Å². The number of rotatable bonds is 0. The lowest BCUT2D eigenvalue weighted by Gasteiger charge is -2.04. The first-order valence-electron chi connectivity index (χ1n) is 3.39. The van der Waals surface area contributed by atoms with Crippen LogP contribution in [0.2, 0.25) is 0 Å². The molecule has 0 bridgehead atoms. The van der Waals surface area contributed by atoms with Gasteiger partial charge in [-0.1, -0.05) is 0 Å². The Balaban J connectivity index is 2.09.